The van der Waals surface area contributed by atoms with Crippen molar-refractivity contribution in [2.45, 2.75) is 33.2 Å². The minimum Gasteiger partial charge on any atom is -0.481 e. The molecule has 0 amide bonds. The lowest BCUT2D eigenvalue weighted by Crippen LogP contribution is -2.28. The van der Waals surface area contributed by atoms with Crippen molar-refractivity contribution in [2.24, 2.45) is 0 Å². The monoisotopic (exact) mass is 252 g/mol. The molecule has 18 heavy (non-hydrogen) atoms. The average molecular weight is 252 g/mol. The van der Waals surface area contributed by atoms with Gasteiger partial charge in [-0.05, 0) is 40.8 Å². The summed E-state index contributed by atoms with van der Waals surface area (Å²) >= 11 is 0. The summed E-state index contributed by atoms with van der Waals surface area (Å²) in [6.07, 6.45) is 2.61. The first kappa shape index (κ1) is 14.7. The molecule has 5 nitrogen and oxygen atoms in total. The molecule has 0 aromatic carbocycles. The Hall–Kier alpha value is -1.36. The molecule has 0 spiro atoms. The third-order valence-corrected chi connectivity index (χ3v) is 3.09. The molecule has 0 aliphatic heterocycles. The number of methoxy groups -OCH3 is 1. The Bertz CT molecular complexity index is 368. The van der Waals surface area contributed by atoms with Gasteiger partial charge in [0, 0.05) is 12.6 Å². The van der Waals surface area contributed by atoms with Gasteiger partial charge < -0.3 is 15.0 Å². The molecule has 102 valence electrons. The second-order valence-corrected chi connectivity index (χ2v) is 4.71. The topological polar surface area (TPSA) is 50.3 Å². The van der Waals surface area contributed by atoms with Crippen LogP contribution >= 0.6 is 0 Å². The van der Waals surface area contributed by atoms with Crippen LogP contribution in [0.1, 0.15) is 25.8 Å². The normalized spacial score (nSPS) is 11.1. The first-order chi connectivity index (χ1) is 8.56. The van der Waals surface area contributed by atoms with E-state index in [1.165, 1.54) is 6.33 Å². The van der Waals surface area contributed by atoms with Gasteiger partial charge in [0.25, 0.3) is 0 Å². The quantitative estimate of drug-likeness (QED) is 0.752. The average Bonchev–Trinajstić information content (AvgIpc) is 2.35. The van der Waals surface area contributed by atoms with Gasteiger partial charge in [0.15, 0.2) is 0 Å². The number of ether oxygens (including phenoxy) is 1. The zero-order valence-corrected chi connectivity index (χ0v) is 12.0. The Labute approximate surface area is 110 Å². The third-order valence-electron chi connectivity index (χ3n) is 3.09. The summed E-state index contributed by atoms with van der Waals surface area (Å²) in [5, 5.41) is 3.32. The van der Waals surface area contributed by atoms with E-state index in [0.717, 1.165) is 30.9 Å². The maximum atomic E-state index is 5.16. The standard InChI is InChI=1S/C13H24N4O/c1-10(2)17(4)8-6-7-14-12-11(3)13(18-5)16-9-15-12/h9-10H,6-8H2,1-5H3,(H,14,15,16). The van der Waals surface area contributed by atoms with Crippen LogP contribution in [0.3, 0.4) is 0 Å². The van der Waals surface area contributed by atoms with E-state index in [2.05, 4.69) is 41.1 Å². The zero-order valence-electron chi connectivity index (χ0n) is 12.0. The molecule has 1 rings (SSSR count). The van der Waals surface area contributed by atoms with Gasteiger partial charge in [0.2, 0.25) is 5.88 Å². The van der Waals surface area contributed by atoms with Gasteiger partial charge in [-0.2, -0.15) is 0 Å². The fourth-order valence-electron chi connectivity index (χ4n) is 1.61. The van der Waals surface area contributed by atoms with Crippen LogP contribution in [0, 0.1) is 6.92 Å². The lowest BCUT2D eigenvalue weighted by molar-refractivity contribution is 0.273. The summed E-state index contributed by atoms with van der Waals surface area (Å²) in [6, 6.07) is 0.589. The fraction of sp³-hybridized carbons (Fsp3) is 0.692. The van der Waals surface area contributed by atoms with Crippen molar-refractivity contribution >= 4 is 5.82 Å². The van der Waals surface area contributed by atoms with Gasteiger partial charge in [-0.3, -0.25) is 0 Å². The molecule has 0 atom stereocenters. The van der Waals surface area contributed by atoms with Crippen molar-refractivity contribution in [3.63, 3.8) is 0 Å². The highest BCUT2D eigenvalue weighted by atomic mass is 16.5. The number of nitrogens with one attached hydrogen (secondary N) is 1. The Morgan fingerprint density at radius 1 is 1.39 bits per heavy atom. The molecule has 0 aliphatic carbocycles. The molecule has 0 saturated heterocycles. The van der Waals surface area contributed by atoms with Crippen molar-refractivity contribution in [1.29, 1.82) is 0 Å². The van der Waals surface area contributed by atoms with Gasteiger partial charge in [-0.1, -0.05) is 0 Å². The van der Waals surface area contributed by atoms with Crippen molar-refractivity contribution in [2.75, 3.05) is 32.6 Å². The summed E-state index contributed by atoms with van der Waals surface area (Å²) in [5.74, 6) is 1.49. The second kappa shape index (κ2) is 7.16. The molecular formula is C13H24N4O. The number of rotatable bonds is 7. The van der Waals surface area contributed by atoms with Crippen LogP contribution in [-0.4, -0.2) is 48.2 Å². The smallest absolute Gasteiger partial charge is 0.221 e. The van der Waals surface area contributed by atoms with Crippen LogP contribution in [0.25, 0.3) is 0 Å². The summed E-state index contributed by atoms with van der Waals surface area (Å²) < 4.78 is 5.16. The molecule has 1 N–H and O–H groups in total. The van der Waals surface area contributed by atoms with Crippen molar-refractivity contribution in [3.8, 4) is 5.88 Å². The van der Waals surface area contributed by atoms with Crippen LogP contribution < -0.4 is 10.1 Å². The number of anilines is 1. The van der Waals surface area contributed by atoms with E-state index in [0.29, 0.717) is 11.9 Å². The number of aromatic nitrogens is 2. The second-order valence-electron chi connectivity index (χ2n) is 4.71. The Morgan fingerprint density at radius 2 is 2.11 bits per heavy atom. The number of hydrogen-bond acceptors (Lipinski definition) is 5. The molecule has 1 aromatic heterocycles. The highest BCUT2D eigenvalue weighted by Crippen LogP contribution is 2.19. The molecular weight excluding hydrogens is 228 g/mol. The maximum Gasteiger partial charge on any atom is 0.221 e. The molecule has 5 heteroatoms. The van der Waals surface area contributed by atoms with Crippen LogP contribution in [0.15, 0.2) is 6.33 Å². The molecule has 0 aliphatic rings. The first-order valence-electron chi connectivity index (χ1n) is 6.36. The van der Waals surface area contributed by atoms with Crippen LogP contribution in [0.2, 0.25) is 0 Å². The van der Waals surface area contributed by atoms with Crippen LogP contribution in [-0.2, 0) is 0 Å². The molecule has 1 heterocycles. The van der Waals surface area contributed by atoms with E-state index in [1.54, 1.807) is 7.11 Å². The highest BCUT2D eigenvalue weighted by Gasteiger charge is 2.07. The fourth-order valence-corrected chi connectivity index (χ4v) is 1.61. The van der Waals surface area contributed by atoms with Crippen molar-refractivity contribution in [3.05, 3.63) is 11.9 Å². The molecule has 1 aromatic rings. The van der Waals surface area contributed by atoms with Gasteiger partial charge >= 0.3 is 0 Å². The Balaban J connectivity index is 2.40. The largest absolute Gasteiger partial charge is 0.481 e. The Kier molecular flexibility index (Phi) is 5.85. The predicted molar refractivity (Wildman–Crippen MR) is 74.2 cm³/mol. The van der Waals surface area contributed by atoms with Gasteiger partial charge in [-0.25, -0.2) is 9.97 Å². The maximum absolute atomic E-state index is 5.16. The van der Waals surface area contributed by atoms with Crippen molar-refractivity contribution in [1.82, 2.24) is 14.9 Å². The predicted octanol–water partition coefficient (Wildman–Crippen LogP) is 1.94. The number of nitrogens with zero attached hydrogens (tertiary/aromatic N) is 3. The van der Waals surface area contributed by atoms with Crippen LogP contribution in [0.5, 0.6) is 5.88 Å². The van der Waals surface area contributed by atoms with Gasteiger partial charge in [-0.15, -0.1) is 0 Å². The SMILES string of the molecule is COc1ncnc(NCCCN(C)C(C)C)c1C. The summed E-state index contributed by atoms with van der Waals surface area (Å²) in [5.41, 5.74) is 0.956. The lowest BCUT2D eigenvalue weighted by atomic mass is 10.3. The summed E-state index contributed by atoms with van der Waals surface area (Å²) in [4.78, 5) is 10.6. The third kappa shape index (κ3) is 4.14. The minimum atomic E-state index is 0.589. The first-order valence-corrected chi connectivity index (χ1v) is 6.36. The summed E-state index contributed by atoms with van der Waals surface area (Å²) in [7, 11) is 3.76. The van der Waals surface area contributed by atoms with Crippen molar-refractivity contribution < 1.29 is 4.74 Å². The highest BCUT2D eigenvalue weighted by molar-refractivity contribution is 5.47. The number of hydrogen-bond donors (Lipinski definition) is 1. The van der Waals surface area contributed by atoms with E-state index >= 15 is 0 Å². The van der Waals surface area contributed by atoms with E-state index in [9.17, 15) is 0 Å². The zero-order chi connectivity index (χ0) is 13.5. The van der Waals surface area contributed by atoms with E-state index < -0.39 is 0 Å². The lowest BCUT2D eigenvalue weighted by Gasteiger charge is -2.20. The van der Waals surface area contributed by atoms with Crippen LogP contribution in [0.4, 0.5) is 5.82 Å². The summed E-state index contributed by atoms with van der Waals surface area (Å²) in [6.45, 7) is 8.34. The Morgan fingerprint density at radius 3 is 2.72 bits per heavy atom. The van der Waals surface area contributed by atoms with Gasteiger partial charge in [0.1, 0.15) is 12.1 Å². The molecule has 0 bridgehead atoms. The minimum absolute atomic E-state index is 0.589. The van der Waals surface area contributed by atoms with Gasteiger partial charge in [0.05, 0.1) is 12.7 Å². The van der Waals surface area contributed by atoms with E-state index in [4.69, 9.17) is 4.74 Å². The molecule has 0 fully saturated rings. The molecule has 0 radical (unpaired) electrons. The van der Waals surface area contributed by atoms with E-state index in [1.807, 2.05) is 6.92 Å². The van der Waals surface area contributed by atoms with E-state index in [-0.39, 0.29) is 0 Å². The molecule has 0 unspecified atom stereocenters. The molecule has 0 saturated carbocycles.